The fourth-order valence-electron chi connectivity index (χ4n) is 5.37. The second-order valence-electron chi connectivity index (χ2n) is 9.68. The van der Waals surface area contributed by atoms with Crippen LogP contribution in [0.4, 0.5) is 5.69 Å². The number of fused-ring (bicyclic) bond motifs is 2. The maximum Gasteiger partial charge on any atom is 0.104 e. The van der Waals surface area contributed by atoms with Crippen LogP contribution in [0.15, 0.2) is 103 Å². The minimum atomic E-state index is -0.191. The average Bonchev–Trinajstić information content (AvgIpc) is 2.96. The van der Waals surface area contributed by atoms with Crippen LogP contribution >= 0.6 is 0 Å². The Morgan fingerprint density at radius 1 is 0.889 bits per heavy atom. The molecule has 0 amide bonds. The molecular weight excluding hydrogens is 440 g/mol. The van der Waals surface area contributed by atoms with E-state index in [1.54, 1.807) is 0 Å². The second kappa shape index (κ2) is 9.75. The molecule has 3 atom stereocenters. The maximum atomic E-state index is 6.27. The van der Waals surface area contributed by atoms with Crippen molar-refractivity contribution in [1.29, 1.82) is 0 Å². The average molecular weight is 473 g/mol. The number of benzene rings is 4. The van der Waals surface area contributed by atoms with Gasteiger partial charge in [0, 0.05) is 5.69 Å². The number of nitrogens with two attached hydrogens (primary N) is 1. The van der Waals surface area contributed by atoms with Crippen molar-refractivity contribution in [2.45, 2.75) is 31.2 Å². The molecule has 180 valence electrons. The Hall–Kier alpha value is -3.70. The lowest BCUT2D eigenvalue weighted by atomic mass is 9.91. The quantitative estimate of drug-likeness (QED) is 0.249. The third-order valence-corrected chi connectivity index (χ3v) is 7.40. The van der Waals surface area contributed by atoms with Gasteiger partial charge in [0.05, 0.1) is 12.2 Å². The summed E-state index contributed by atoms with van der Waals surface area (Å²) in [6, 6.07) is 30.8. The first kappa shape index (κ1) is 22.7. The van der Waals surface area contributed by atoms with Crippen LogP contribution < -0.4 is 21.7 Å². The van der Waals surface area contributed by atoms with E-state index in [4.69, 9.17) is 5.73 Å². The van der Waals surface area contributed by atoms with E-state index < -0.39 is 0 Å². The van der Waals surface area contributed by atoms with Gasteiger partial charge in [-0.2, -0.15) is 0 Å². The van der Waals surface area contributed by atoms with Gasteiger partial charge >= 0.3 is 0 Å². The highest BCUT2D eigenvalue weighted by molar-refractivity contribution is 5.87. The van der Waals surface area contributed by atoms with E-state index in [2.05, 4.69) is 119 Å². The highest BCUT2D eigenvalue weighted by atomic mass is 15.2. The highest BCUT2D eigenvalue weighted by Crippen LogP contribution is 2.38. The first-order valence-corrected chi connectivity index (χ1v) is 12.7. The van der Waals surface area contributed by atoms with Crippen molar-refractivity contribution in [2.24, 2.45) is 5.73 Å². The van der Waals surface area contributed by atoms with Gasteiger partial charge in [-0.3, -0.25) is 5.32 Å². The molecule has 3 unspecified atom stereocenters. The number of nitrogens with one attached hydrogen (secondary N) is 3. The van der Waals surface area contributed by atoms with Gasteiger partial charge in [0.1, 0.15) is 6.17 Å². The molecule has 0 aromatic heterocycles. The molecule has 0 radical (unpaired) electrons. The van der Waals surface area contributed by atoms with Crippen LogP contribution in [0.1, 0.15) is 59.0 Å². The van der Waals surface area contributed by atoms with Gasteiger partial charge in [-0.15, -0.1) is 0 Å². The van der Waals surface area contributed by atoms with Gasteiger partial charge in [-0.1, -0.05) is 85.0 Å². The molecule has 4 aromatic carbocycles. The molecule has 0 spiro atoms. The van der Waals surface area contributed by atoms with Crippen LogP contribution in [0.25, 0.3) is 16.3 Å². The Kier molecular flexibility index (Phi) is 6.16. The molecule has 6 rings (SSSR count). The second-order valence-corrected chi connectivity index (χ2v) is 9.68. The smallest absolute Gasteiger partial charge is 0.104 e. The minimum Gasteiger partial charge on any atom is -0.366 e. The van der Waals surface area contributed by atoms with Gasteiger partial charge in [0.15, 0.2) is 0 Å². The molecule has 0 fully saturated rings. The summed E-state index contributed by atoms with van der Waals surface area (Å²) >= 11 is 0. The molecule has 1 aliphatic carbocycles. The van der Waals surface area contributed by atoms with E-state index in [1.165, 1.54) is 38.6 Å². The first-order valence-electron chi connectivity index (χ1n) is 12.7. The molecule has 4 nitrogen and oxygen atoms in total. The van der Waals surface area contributed by atoms with E-state index in [0.717, 1.165) is 24.1 Å². The first-order chi connectivity index (χ1) is 17.7. The molecule has 4 heteroatoms. The summed E-state index contributed by atoms with van der Waals surface area (Å²) in [5, 5.41) is 13.3. The van der Waals surface area contributed by atoms with Crippen molar-refractivity contribution in [2.75, 3.05) is 12.4 Å². The summed E-state index contributed by atoms with van der Waals surface area (Å²) in [5.41, 5.74) is 14.9. The Labute approximate surface area is 212 Å². The molecule has 36 heavy (non-hydrogen) atoms. The third kappa shape index (κ3) is 4.35. The number of hydrogen-bond donors (Lipinski definition) is 4. The van der Waals surface area contributed by atoms with Gasteiger partial charge in [0.25, 0.3) is 0 Å². The number of allylic oxidation sites excluding steroid dienone is 4. The molecule has 5 N–H and O–H groups in total. The predicted molar refractivity (Wildman–Crippen MR) is 151 cm³/mol. The maximum absolute atomic E-state index is 6.27. The van der Waals surface area contributed by atoms with Crippen molar-refractivity contribution in [3.8, 4) is 0 Å². The standard InChI is InChI=1S/C32H32N4/c1-34-31(33)26-11-7-10-25(20-26)30-28-12-5-6-13-29(28)35-32(36-30)27-17-16-23-18-22(14-15-24(23)19-27)21-8-3-2-4-9-21/h2-3,5-8,10-20,30-32,34-36H,4,9,33H2,1H3. The van der Waals surface area contributed by atoms with Crippen molar-refractivity contribution in [1.82, 2.24) is 10.6 Å². The monoisotopic (exact) mass is 472 g/mol. The zero-order valence-electron chi connectivity index (χ0n) is 20.5. The molecule has 0 bridgehead atoms. The van der Waals surface area contributed by atoms with Crippen LogP contribution in [0.5, 0.6) is 0 Å². The van der Waals surface area contributed by atoms with E-state index in [-0.39, 0.29) is 18.4 Å². The molecule has 2 aliphatic rings. The summed E-state index contributed by atoms with van der Waals surface area (Å²) in [5.74, 6) is 0. The van der Waals surface area contributed by atoms with Crippen LogP contribution in [0.2, 0.25) is 0 Å². The van der Waals surface area contributed by atoms with Crippen molar-refractivity contribution in [3.63, 3.8) is 0 Å². The zero-order valence-corrected chi connectivity index (χ0v) is 20.5. The number of anilines is 1. The Morgan fingerprint density at radius 2 is 1.75 bits per heavy atom. The number of para-hydroxylation sites is 1. The SMILES string of the molecule is CNC(N)c1cccc(C2NC(c3ccc4cc(C5=CC=CCC5)ccc4c3)Nc3ccccc32)c1. The van der Waals surface area contributed by atoms with E-state index in [9.17, 15) is 0 Å². The van der Waals surface area contributed by atoms with Crippen molar-refractivity contribution in [3.05, 3.63) is 131 Å². The Bertz CT molecular complexity index is 1470. The normalized spacial score (nSPS) is 19.9. The summed E-state index contributed by atoms with van der Waals surface area (Å²) in [6.07, 6.45) is 8.67. The van der Waals surface area contributed by atoms with Gasteiger partial charge < -0.3 is 16.4 Å². The summed E-state index contributed by atoms with van der Waals surface area (Å²) in [7, 11) is 1.89. The third-order valence-electron chi connectivity index (χ3n) is 7.40. The topological polar surface area (TPSA) is 62.1 Å². The minimum absolute atomic E-state index is 0.0122. The molecule has 1 aliphatic heterocycles. The molecule has 4 aromatic rings. The molecular formula is C32H32N4. The summed E-state index contributed by atoms with van der Waals surface area (Å²) in [6.45, 7) is 0. The Morgan fingerprint density at radius 3 is 2.61 bits per heavy atom. The lowest BCUT2D eigenvalue weighted by molar-refractivity contribution is 0.505. The van der Waals surface area contributed by atoms with Crippen molar-refractivity contribution >= 4 is 22.0 Å². The van der Waals surface area contributed by atoms with E-state index >= 15 is 0 Å². The lowest BCUT2D eigenvalue weighted by Gasteiger charge is -2.35. The lowest BCUT2D eigenvalue weighted by Crippen LogP contribution is -2.37. The molecule has 0 saturated heterocycles. The summed E-state index contributed by atoms with van der Waals surface area (Å²) in [4.78, 5) is 0. The van der Waals surface area contributed by atoms with Crippen LogP contribution in [0.3, 0.4) is 0 Å². The fraction of sp³-hybridized carbons (Fsp3) is 0.188. The predicted octanol–water partition coefficient (Wildman–Crippen LogP) is 6.55. The number of hydrogen-bond acceptors (Lipinski definition) is 4. The van der Waals surface area contributed by atoms with Crippen LogP contribution in [-0.4, -0.2) is 7.05 Å². The molecule has 1 heterocycles. The van der Waals surface area contributed by atoms with Crippen LogP contribution in [0, 0.1) is 0 Å². The number of rotatable bonds is 5. The zero-order chi connectivity index (χ0) is 24.5. The van der Waals surface area contributed by atoms with Crippen LogP contribution in [-0.2, 0) is 0 Å². The summed E-state index contributed by atoms with van der Waals surface area (Å²) < 4.78 is 0. The van der Waals surface area contributed by atoms with Crippen molar-refractivity contribution < 1.29 is 0 Å². The molecule has 0 saturated carbocycles. The van der Waals surface area contributed by atoms with E-state index in [1.807, 2.05) is 7.05 Å². The van der Waals surface area contributed by atoms with Gasteiger partial charge in [-0.25, -0.2) is 0 Å². The fourth-order valence-corrected chi connectivity index (χ4v) is 5.37. The van der Waals surface area contributed by atoms with Gasteiger partial charge in [0.2, 0.25) is 0 Å². The highest BCUT2D eigenvalue weighted by Gasteiger charge is 2.28. The van der Waals surface area contributed by atoms with E-state index in [0.29, 0.717) is 0 Å². The largest absolute Gasteiger partial charge is 0.366 e. The Balaban J connectivity index is 1.34. The van der Waals surface area contributed by atoms with Gasteiger partial charge in [-0.05, 0) is 82.3 Å².